The topological polar surface area (TPSA) is 106 Å². The molecule has 8 nitrogen and oxygen atoms in total. The van der Waals surface area contributed by atoms with E-state index in [0.29, 0.717) is 52.6 Å². The van der Waals surface area contributed by atoms with Crippen LogP contribution < -0.4 is 14.4 Å². The lowest BCUT2D eigenvalue weighted by molar-refractivity contribution is -0.137. The van der Waals surface area contributed by atoms with Crippen LogP contribution in [0.1, 0.15) is 55.0 Å². The molecule has 0 fully saturated rings. The second-order valence-electron chi connectivity index (χ2n) is 11.3. The Hall–Kier alpha value is -3.59. The van der Waals surface area contributed by atoms with E-state index in [1.165, 1.54) is 0 Å². The number of carbonyl (C=O) groups excluding carboxylic acids is 1. The van der Waals surface area contributed by atoms with Gasteiger partial charge in [0.25, 0.3) is 5.91 Å². The van der Waals surface area contributed by atoms with Crippen LogP contribution in [-0.4, -0.2) is 55.6 Å². The molecule has 4 rings (SSSR count). The number of carboxylic acid groups (broad SMARTS) is 1. The van der Waals surface area contributed by atoms with E-state index in [-0.39, 0.29) is 25.5 Å². The summed E-state index contributed by atoms with van der Waals surface area (Å²) in [6.07, 6.45) is -0.0274. The maximum absolute atomic E-state index is 14.2. The van der Waals surface area contributed by atoms with Crippen molar-refractivity contribution in [1.82, 2.24) is 0 Å². The third-order valence-corrected chi connectivity index (χ3v) is 7.72. The maximum Gasteiger partial charge on any atom is 0.303 e. The van der Waals surface area contributed by atoms with Crippen molar-refractivity contribution in [3.63, 3.8) is 0 Å². The summed E-state index contributed by atoms with van der Waals surface area (Å²) in [5.74, 6) is 0.00264. The molecule has 0 aromatic heterocycles. The molecule has 1 aliphatic heterocycles. The zero-order valence-corrected chi connectivity index (χ0v) is 25.2. The Kier molecular flexibility index (Phi) is 10.1. The summed E-state index contributed by atoms with van der Waals surface area (Å²) in [6.45, 7) is 3.99. The quantitative estimate of drug-likeness (QED) is 0.271. The number of hydrogen-bond donors (Lipinski definition) is 2. The summed E-state index contributed by atoms with van der Waals surface area (Å²) in [5.41, 5.74) is 3.44. The molecule has 0 unspecified atom stereocenters. The molecule has 42 heavy (non-hydrogen) atoms. The SMILES string of the molecule is COc1cccc([C@H]2O[C@H](CCc3ccc(CCC(=O)O)cc3)C(=O)N(CC(C)(C)CO)c3ccc(Cl)cc32)c1OC. The second-order valence-corrected chi connectivity index (χ2v) is 11.7. The van der Waals surface area contributed by atoms with Gasteiger partial charge in [0.1, 0.15) is 12.2 Å². The number of fused-ring (bicyclic) bond motifs is 1. The highest BCUT2D eigenvalue weighted by atomic mass is 35.5. The zero-order chi connectivity index (χ0) is 30.4. The molecular formula is C33H38ClNO7. The molecule has 0 radical (unpaired) electrons. The molecule has 3 aromatic rings. The summed E-state index contributed by atoms with van der Waals surface area (Å²) < 4.78 is 18.0. The number of ether oxygens (including phenoxy) is 3. The Morgan fingerprint density at radius 2 is 1.69 bits per heavy atom. The Morgan fingerprint density at radius 1 is 1.00 bits per heavy atom. The smallest absolute Gasteiger partial charge is 0.303 e. The van der Waals surface area contributed by atoms with Gasteiger partial charge in [0.05, 0.1) is 14.2 Å². The van der Waals surface area contributed by atoms with Crippen molar-refractivity contribution < 1.29 is 34.0 Å². The summed E-state index contributed by atoms with van der Waals surface area (Å²) in [5, 5.41) is 19.6. The van der Waals surface area contributed by atoms with Crippen molar-refractivity contribution in [2.45, 2.75) is 51.7 Å². The van der Waals surface area contributed by atoms with Gasteiger partial charge in [-0.2, -0.15) is 0 Å². The van der Waals surface area contributed by atoms with Crippen molar-refractivity contribution in [3.05, 3.63) is 87.9 Å². The number of carbonyl (C=O) groups is 2. The first-order chi connectivity index (χ1) is 20.1. The molecule has 0 bridgehead atoms. The molecule has 0 saturated carbocycles. The highest BCUT2D eigenvalue weighted by molar-refractivity contribution is 6.30. The average Bonchev–Trinajstić information content (AvgIpc) is 3.08. The third-order valence-electron chi connectivity index (χ3n) is 7.48. The fourth-order valence-corrected chi connectivity index (χ4v) is 5.36. The molecule has 1 heterocycles. The number of methoxy groups -OCH3 is 2. The van der Waals surface area contributed by atoms with Gasteiger partial charge in [-0.1, -0.05) is 61.8 Å². The number of nitrogens with zero attached hydrogens (tertiary/aromatic N) is 1. The van der Waals surface area contributed by atoms with Crippen molar-refractivity contribution in [2.75, 3.05) is 32.3 Å². The van der Waals surface area contributed by atoms with Crippen molar-refractivity contribution in [3.8, 4) is 11.5 Å². The van der Waals surface area contributed by atoms with E-state index in [9.17, 15) is 14.7 Å². The van der Waals surface area contributed by atoms with Crippen molar-refractivity contribution in [2.24, 2.45) is 5.41 Å². The van der Waals surface area contributed by atoms with E-state index in [2.05, 4.69) is 0 Å². The molecule has 1 amide bonds. The number of anilines is 1. The molecule has 2 atom stereocenters. The number of halogens is 1. The highest BCUT2D eigenvalue weighted by Crippen LogP contribution is 2.45. The van der Waals surface area contributed by atoms with Gasteiger partial charge in [-0.25, -0.2) is 0 Å². The van der Waals surface area contributed by atoms with Gasteiger partial charge in [0.2, 0.25) is 0 Å². The lowest BCUT2D eigenvalue weighted by Gasteiger charge is -2.32. The first-order valence-corrected chi connectivity index (χ1v) is 14.3. The minimum Gasteiger partial charge on any atom is -0.493 e. The summed E-state index contributed by atoms with van der Waals surface area (Å²) in [7, 11) is 3.13. The van der Waals surface area contributed by atoms with E-state index in [1.54, 1.807) is 31.3 Å². The number of aryl methyl sites for hydroxylation is 2. The molecule has 9 heteroatoms. The number of para-hydroxylation sites is 1. The fraction of sp³-hybridized carbons (Fsp3) is 0.394. The summed E-state index contributed by atoms with van der Waals surface area (Å²) in [4.78, 5) is 26.9. The maximum atomic E-state index is 14.2. The van der Waals surface area contributed by atoms with Crippen molar-refractivity contribution >= 4 is 29.2 Å². The number of aliphatic hydroxyl groups excluding tert-OH is 1. The van der Waals surface area contributed by atoms with Crippen LogP contribution in [0.3, 0.4) is 0 Å². The van der Waals surface area contributed by atoms with Gasteiger partial charge in [-0.05, 0) is 54.7 Å². The van der Waals surface area contributed by atoms with E-state index >= 15 is 0 Å². The third kappa shape index (κ3) is 7.24. The van der Waals surface area contributed by atoms with Crippen LogP contribution in [-0.2, 0) is 27.2 Å². The van der Waals surface area contributed by atoms with Crippen LogP contribution in [0.25, 0.3) is 0 Å². The Labute approximate surface area is 251 Å². The lowest BCUT2D eigenvalue weighted by atomic mass is 9.92. The Bertz CT molecular complexity index is 1410. The van der Waals surface area contributed by atoms with Gasteiger partial charge in [-0.15, -0.1) is 0 Å². The van der Waals surface area contributed by atoms with Crippen molar-refractivity contribution in [1.29, 1.82) is 0 Å². The van der Waals surface area contributed by atoms with Crippen LogP contribution in [0.4, 0.5) is 5.69 Å². The lowest BCUT2D eigenvalue weighted by Crippen LogP contribution is -2.45. The highest BCUT2D eigenvalue weighted by Gasteiger charge is 2.39. The molecule has 2 N–H and O–H groups in total. The molecule has 3 aromatic carbocycles. The Balaban J connectivity index is 1.74. The normalized spacial score (nSPS) is 17.0. The largest absolute Gasteiger partial charge is 0.493 e. The number of amides is 1. The number of rotatable bonds is 12. The first-order valence-electron chi connectivity index (χ1n) is 13.9. The van der Waals surface area contributed by atoms with Gasteiger partial charge < -0.3 is 29.3 Å². The van der Waals surface area contributed by atoms with Crippen LogP contribution in [0.2, 0.25) is 5.02 Å². The van der Waals surface area contributed by atoms with Gasteiger partial charge >= 0.3 is 5.97 Å². The number of carboxylic acids is 1. The number of aliphatic hydroxyl groups is 1. The fourth-order valence-electron chi connectivity index (χ4n) is 5.18. The monoisotopic (exact) mass is 595 g/mol. The zero-order valence-electron chi connectivity index (χ0n) is 24.4. The second kappa shape index (κ2) is 13.6. The van der Waals surface area contributed by atoms with Crippen LogP contribution in [0.15, 0.2) is 60.7 Å². The molecular weight excluding hydrogens is 558 g/mol. The molecule has 0 spiro atoms. The molecule has 224 valence electrons. The number of aliphatic carboxylic acids is 1. The summed E-state index contributed by atoms with van der Waals surface area (Å²) in [6, 6.07) is 18.7. The van der Waals surface area contributed by atoms with Crippen LogP contribution in [0, 0.1) is 5.41 Å². The molecule has 0 aliphatic carbocycles. The van der Waals surface area contributed by atoms with Gasteiger partial charge in [0.15, 0.2) is 11.5 Å². The van der Waals surface area contributed by atoms with E-state index in [1.807, 2.05) is 62.4 Å². The van der Waals surface area contributed by atoms with E-state index < -0.39 is 23.6 Å². The van der Waals surface area contributed by atoms with Crippen LogP contribution in [0.5, 0.6) is 11.5 Å². The average molecular weight is 596 g/mol. The molecule has 0 saturated heterocycles. The van der Waals surface area contributed by atoms with E-state index in [0.717, 1.165) is 11.1 Å². The van der Waals surface area contributed by atoms with E-state index in [4.69, 9.17) is 30.9 Å². The first kappa shape index (κ1) is 31.3. The predicted octanol–water partition coefficient (Wildman–Crippen LogP) is 5.85. The van der Waals surface area contributed by atoms with Gasteiger partial charge in [-0.3, -0.25) is 9.59 Å². The Morgan fingerprint density at radius 3 is 2.31 bits per heavy atom. The summed E-state index contributed by atoms with van der Waals surface area (Å²) >= 11 is 6.50. The predicted molar refractivity (Wildman–Crippen MR) is 162 cm³/mol. The van der Waals surface area contributed by atoms with Gasteiger partial charge in [0, 0.05) is 46.8 Å². The molecule has 1 aliphatic rings. The minimum absolute atomic E-state index is 0.0729. The minimum atomic E-state index is -0.832. The standard InChI is InChI=1S/C33H38ClNO7/c1-33(2,20-36)19-35-26-15-14-23(34)18-25(26)30(24-6-5-7-27(40-3)31(24)41-4)42-28(32(35)39)16-12-21-8-10-22(11-9-21)13-17-29(37)38/h5-11,14-15,18,28,30,36H,12-13,16-17,19-20H2,1-4H3,(H,37,38)/t28-,30-/m1/s1. The number of benzene rings is 3. The van der Waals surface area contributed by atoms with Crippen LogP contribution >= 0.6 is 11.6 Å². The number of hydrogen-bond acceptors (Lipinski definition) is 6.